The fourth-order valence-electron chi connectivity index (χ4n) is 3.01. The van der Waals surface area contributed by atoms with Crippen LogP contribution in [-0.4, -0.2) is 33.3 Å². The molecule has 0 aliphatic carbocycles. The summed E-state index contributed by atoms with van der Waals surface area (Å²) in [5, 5.41) is 7.60. The highest BCUT2D eigenvalue weighted by molar-refractivity contribution is 7.22. The first-order chi connectivity index (χ1) is 10.7. The predicted molar refractivity (Wildman–Crippen MR) is 87.8 cm³/mol. The molecule has 1 atom stereocenters. The van der Waals surface area contributed by atoms with Crippen molar-refractivity contribution in [3.05, 3.63) is 40.1 Å². The van der Waals surface area contributed by atoms with Gasteiger partial charge in [0.05, 0.1) is 10.2 Å². The van der Waals surface area contributed by atoms with Crippen LogP contribution in [0.3, 0.4) is 0 Å². The molecule has 1 aromatic carbocycles. The molecule has 1 aliphatic rings. The van der Waals surface area contributed by atoms with Gasteiger partial charge in [0.2, 0.25) is 0 Å². The van der Waals surface area contributed by atoms with Crippen LogP contribution in [0.25, 0.3) is 10.2 Å². The number of hydrogen-bond acceptors (Lipinski definition) is 5. The van der Waals surface area contributed by atoms with Crippen LogP contribution in [0.1, 0.15) is 30.1 Å². The van der Waals surface area contributed by atoms with Crippen molar-refractivity contribution in [1.82, 2.24) is 20.2 Å². The maximum Gasteiger partial charge on any atom is 0.340 e. The molecule has 0 bridgehead atoms. The second kappa shape index (κ2) is 5.24. The lowest BCUT2D eigenvalue weighted by molar-refractivity contribution is 0.492. The molecule has 1 unspecified atom stereocenters. The van der Waals surface area contributed by atoms with Crippen LogP contribution in [0.4, 0.5) is 5.13 Å². The first kappa shape index (κ1) is 13.5. The van der Waals surface area contributed by atoms with E-state index in [0.717, 1.165) is 42.4 Å². The maximum atomic E-state index is 11.2. The molecule has 1 aliphatic heterocycles. The van der Waals surface area contributed by atoms with Crippen molar-refractivity contribution in [1.29, 1.82) is 0 Å². The van der Waals surface area contributed by atoms with Gasteiger partial charge < -0.3 is 4.90 Å². The van der Waals surface area contributed by atoms with Gasteiger partial charge in [-0.2, -0.15) is 5.10 Å². The monoisotopic (exact) mass is 315 g/mol. The lowest BCUT2D eigenvalue weighted by Gasteiger charge is -2.31. The number of fused-ring (bicyclic) bond motifs is 1. The summed E-state index contributed by atoms with van der Waals surface area (Å²) in [5.74, 6) is 1.01. The van der Waals surface area contributed by atoms with Crippen LogP contribution in [0, 0.1) is 6.92 Å². The molecule has 2 aromatic heterocycles. The van der Waals surface area contributed by atoms with Crippen molar-refractivity contribution in [3.8, 4) is 0 Å². The molecule has 6 nitrogen and oxygen atoms in total. The second-order valence-corrected chi connectivity index (χ2v) is 6.82. The summed E-state index contributed by atoms with van der Waals surface area (Å²) in [6.07, 6.45) is 2.12. The third-order valence-corrected chi connectivity index (χ3v) is 5.23. The number of H-pyrrole nitrogens is 2. The third-order valence-electron chi connectivity index (χ3n) is 4.13. The van der Waals surface area contributed by atoms with E-state index < -0.39 is 0 Å². The zero-order chi connectivity index (χ0) is 15.1. The molecule has 2 N–H and O–H groups in total. The van der Waals surface area contributed by atoms with Crippen molar-refractivity contribution >= 4 is 26.7 Å². The highest BCUT2D eigenvalue weighted by Crippen LogP contribution is 2.33. The lowest BCUT2D eigenvalue weighted by Crippen LogP contribution is -2.34. The van der Waals surface area contributed by atoms with Crippen LogP contribution in [0.5, 0.6) is 0 Å². The Morgan fingerprint density at radius 2 is 2.32 bits per heavy atom. The number of aromatic amines is 2. The number of anilines is 1. The smallest absolute Gasteiger partial charge is 0.340 e. The molecule has 114 valence electrons. The molecule has 22 heavy (non-hydrogen) atoms. The fraction of sp³-hybridized carbons (Fsp3) is 0.400. The summed E-state index contributed by atoms with van der Waals surface area (Å²) in [6, 6.07) is 6.39. The largest absolute Gasteiger partial charge is 0.347 e. The van der Waals surface area contributed by atoms with Crippen molar-refractivity contribution in [2.45, 2.75) is 25.7 Å². The van der Waals surface area contributed by atoms with Crippen LogP contribution in [0.2, 0.25) is 0 Å². The maximum absolute atomic E-state index is 11.2. The van der Waals surface area contributed by atoms with Crippen LogP contribution >= 0.6 is 11.3 Å². The normalized spacial score (nSPS) is 19.0. The van der Waals surface area contributed by atoms with Gasteiger partial charge in [0.25, 0.3) is 0 Å². The Morgan fingerprint density at radius 3 is 3.14 bits per heavy atom. The van der Waals surface area contributed by atoms with Gasteiger partial charge in [-0.25, -0.2) is 14.9 Å². The number of nitrogens with one attached hydrogen (secondary N) is 2. The van der Waals surface area contributed by atoms with E-state index in [9.17, 15) is 4.79 Å². The summed E-state index contributed by atoms with van der Waals surface area (Å²) >= 11 is 1.73. The number of benzene rings is 1. The summed E-state index contributed by atoms with van der Waals surface area (Å²) in [7, 11) is 0. The molecule has 3 aromatic rings. The molecule has 0 amide bonds. The van der Waals surface area contributed by atoms with Gasteiger partial charge in [-0.05, 0) is 37.5 Å². The standard InChI is InChI=1S/C15H17N5OS/c1-9-4-5-12-11(7-9)16-15(22-12)20-6-2-3-10(8-20)13-17-14(21)19-18-13/h4-5,7,10H,2-3,6,8H2,1H3,(H2,17,18,19,21). The van der Waals surface area contributed by atoms with Gasteiger partial charge in [0, 0.05) is 19.0 Å². The van der Waals surface area contributed by atoms with Gasteiger partial charge >= 0.3 is 5.69 Å². The van der Waals surface area contributed by atoms with E-state index in [1.807, 2.05) is 0 Å². The molecule has 0 spiro atoms. The number of aryl methyl sites for hydroxylation is 1. The Morgan fingerprint density at radius 1 is 1.41 bits per heavy atom. The van der Waals surface area contributed by atoms with E-state index in [1.165, 1.54) is 10.3 Å². The first-order valence-corrected chi connectivity index (χ1v) is 8.27. The zero-order valence-electron chi connectivity index (χ0n) is 12.3. The number of aromatic nitrogens is 4. The van der Waals surface area contributed by atoms with Crippen LogP contribution < -0.4 is 10.6 Å². The van der Waals surface area contributed by atoms with E-state index >= 15 is 0 Å². The number of thiazole rings is 1. The molecule has 7 heteroatoms. The Kier molecular flexibility index (Phi) is 3.22. The van der Waals surface area contributed by atoms with E-state index in [1.54, 1.807) is 11.3 Å². The molecular formula is C15H17N5OS. The van der Waals surface area contributed by atoms with E-state index in [2.05, 4.69) is 45.2 Å². The first-order valence-electron chi connectivity index (χ1n) is 7.46. The van der Waals surface area contributed by atoms with Gasteiger partial charge in [-0.1, -0.05) is 17.4 Å². The molecule has 1 fully saturated rings. The van der Waals surface area contributed by atoms with Gasteiger partial charge in [0.1, 0.15) is 5.82 Å². The summed E-state index contributed by atoms with van der Waals surface area (Å²) in [6.45, 7) is 3.94. The Hall–Kier alpha value is -2.15. The number of piperidine rings is 1. The number of hydrogen-bond donors (Lipinski definition) is 2. The van der Waals surface area contributed by atoms with Crippen molar-refractivity contribution in [2.24, 2.45) is 0 Å². The summed E-state index contributed by atoms with van der Waals surface area (Å²) < 4.78 is 1.22. The van der Waals surface area contributed by atoms with E-state index in [-0.39, 0.29) is 11.6 Å². The Balaban J connectivity index is 1.62. The Labute approximate surface area is 131 Å². The average Bonchev–Trinajstić information content (AvgIpc) is 3.13. The van der Waals surface area contributed by atoms with Crippen molar-refractivity contribution in [2.75, 3.05) is 18.0 Å². The van der Waals surface area contributed by atoms with E-state index in [0.29, 0.717) is 0 Å². The molecule has 0 saturated carbocycles. The minimum atomic E-state index is -0.234. The SMILES string of the molecule is Cc1ccc2sc(N3CCCC(c4n[nH]c(=O)[nH]4)C3)nc2c1. The lowest BCUT2D eigenvalue weighted by atomic mass is 9.98. The molecule has 3 heterocycles. The van der Waals surface area contributed by atoms with Gasteiger partial charge in [-0.15, -0.1) is 0 Å². The van der Waals surface area contributed by atoms with Crippen LogP contribution in [0.15, 0.2) is 23.0 Å². The number of nitrogens with zero attached hydrogens (tertiary/aromatic N) is 3. The quantitative estimate of drug-likeness (QED) is 0.761. The third kappa shape index (κ3) is 2.41. The summed E-state index contributed by atoms with van der Waals surface area (Å²) in [5.41, 5.74) is 2.06. The minimum absolute atomic E-state index is 0.234. The van der Waals surface area contributed by atoms with Gasteiger partial charge in [-0.3, -0.25) is 4.98 Å². The minimum Gasteiger partial charge on any atom is -0.347 e. The Bertz CT molecular complexity index is 864. The molecule has 1 saturated heterocycles. The highest BCUT2D eigenvalue weighted by Gasteiger charge is 2.25. The fourth-order valence-corrected chi connectivity index (χ4v) is 3.99. The van der Waals surface area contributed by atoms with Crippen molar-refractivity contribution < 1.29 is 0 Å². The van der Waals surface area contributed by atoms with Crippen molar-refractivity contribution in [3.63, 3.8) is 0 Å². The number of rotatable bonds is 2. The average molecular weight is 315 g/mol. The van der Waals surface area contributed by atoms with Crippen LogP contribution in [-0.2, 0) is 0 Å². The molecular weight excluding hydrogens is 298 g/mol. The second-order valence-electron chi connectivity index (χ2n) is 5.82. The van der Waals surface area contributed by atoms with Gasteiger partial charge in [0.15, 0.2) is 5.13 Å². The highest BCUT2D eigenvalue weighted by atomic mass is 32.1. The van der Waals surface area contributed by atoms with E-state index in [4.69, 9.17) is 4.98 Å². The molecule has 0 radical (unpaired) electrons. The zero-order valence-corrected chi connectivity index (χ0v) is 13.1. The predicted octanol–water partition coefficient (Wildman–Crippen LogP) is 2.40. The molecule has 4 rings (SSSR count). The summed E-state index contributed by atoms with van der Waals surface area (Å²) in [4.78, 5) is 21.1. The topological polar surface area (TPSA) is 77.7 Å².